The van der Waals surface area contributed by atoms with Crippen LogP contribution in [-0.2, 0) is 14.6 Å². The predicted octanol–water partition coefficient (Wildman–Crippen LogP) is 1.22. The first-order valence-corrected chi connectivity index (χ1v) is 9.43. The number of carbonyl (C=O) groups is 1. The number of amides is 1. The van der Waals surface area contributed by atoms with E-state index in [1.54, 1.807) is 17.6 Å². The van der Waals surface area contributed by atoms with Crippen molar-refractivity contribution >= 4 is 15.7 Å². The Morgan fingerprint density at radius 3 is 2.46 bits per heavy atom. The maximum absolute atomic E-state index is 12.9. The number of nitrogens with one attached hydrogen (secondary N) is 1. The van der Waals surface area contributed by atoms with Gasteiger partial charge in [-0.05, 0) is 51.0 Å². The average Bonchev–Trinajstić information content (AvgIpc) is 2.60. The third-order valence-corrected chi connectivity index (χ3v) is 6.73. The van der Waals surface area contributed by atoms with Crippen molar-refractivity contribution in [3.8, 4) is 5.75 Å². The van der Waals surface area contributed by atoms with Crippen molar-refractivity contribution in [2.75, 3.05) is 13.7 Å². The highest BCUT2D eigenvalue weighted by Crippen LogP contribution is 2.29. The third kappa shape index (κ3) is 3.71. The van der Waals surface area contributed by atoms with Crippen LogP contribution in [0.15, 0.2) is 29.2 Å². The highest BCUT2D eigenvalue weighted by molar-refractivity contribution is 7.92. The molecule has 24 heavy (non-hydrogen) atoms. The van der Waals surface area contributed by atoms with Gasteiger partial charge in [-0.2, -0.15) is 0 Å². The van der Waals surface area contributed by atoms with Crippen LogP contribution in [0.3, 0.4) is 0 Å². The van der Waals surface area contributed by atoms with Crippen LogP contribution in [0, 0.1) is 0 Å². The number of likely N-dealkylation sites (tertiary alicyclic amines) is 1. The second kappa shape index (κ2) is 7.50. The molecule has 1 aromatic rings. The van der Waals surface area contributed by atoms with Gasteiger partial charge < -0.3 is 4.74 Å². The molecule has 2 atom stereocenters. The number of hydroxylamine groups is 1. The summed E-state index contributed by atoms with van der Waals surface area (Å²) >= 11 is 0. The Morgan fingerprint density at radius 2 is 1.96 bits per heavy atom. The number of carbonyl (C=O) groups excluding carboxylic acids is 1. The molecule has 0 bridgehead atoms. The van der Waals surface area contributed by atoms with Crippen LogP contribution >= 0.6 is 0 Å². The summed E-state index contributed by atoms with van der Waals surface area (Å²) < 4.78 is 30.8. The van der Waals surface area contributed by atoms with E-state index in [4.69, 9.17) is 9.94 Å². The van der Waals surface area contributed by atoms with Gasteiger partial charge in [-0.25, -0.2) is 13.9 Å². The molecule has 134 valence electrons. The number of rotatable bonds is 5. The number of nitrogens with zero attached hydrogens (tertiary/aromatic N) is 1. The number of hydrogen-bond acceptors (Lipinski definition) is 6. The van der Waals surface area contributed by atoms with E-state index >= 15 is 0 Å². The lowest BCUT2D eigenvalue weighted by Crippen LogP contribution is -2.55. The van der Waals surface area contributed by atoms with Gasteiger partial charge in [0.25, 0.3) is 5.91 Å². The summed E-state index contributed by atoms with van der Waals surface area (Å²) in [6.07, 6.45) is 0.598. The normalized spacial score (nSPS) is 22.4. The second-order valence-electron chi connectivity index (χ2n) is 6.19. The summed E-state index contributed by atoms with van der Waals surface area (Å²) in [7, 11) is -2.04. The monoisotopic (exact) mass is 356 g/mol. The molecule has 1 aromatic carbocycles. The number of sulfone groups is 1. The van der Waals surface area contributed by atoms with Crippen LogP contribution in [0.5, 0.6) is 5.75 Å². The van der Waals surface area contributed by atoms with Crippen molar-refractivity contribution in [2.45, 2.75) is 48.9 Å². The molecule has 2 unspecified atom stereocenters. The minimum absolute atomic E-state index is 0.0805. The van der Waals surface area contributed by atoms with E-state index in [1.165, 1.54) is 19.2 Å². The van der Waals surface area contributed by atoms with Crippen molar-refractivity contribution in [1.82, 2.24) is 10.4 Å². The molecule has 0 saturated carbocycles. The standard InChI is InChI=1S/C16H24N2O5S/c1-11(2)18-9-8-14(10-15(18)16(19)17-20)24(21,22)13-6-4-12(23-3)5-7-13/h4-7,11,14-15,20H,8-10H2,1-3H3,(H,17,19). The highest BCUT2D eigenvalue weighted by Gasteiger charge is 2.40. The number of methoxy groups -OCH3 is 1. The zero-order chi connectivity index (χ0) is 17.9. The molecule has 0 spiro atoms. The lowest BCUT2D eigenvalue weighted by molar-refractivity contribution is -0.136. The summed E-state index contributed by atoms with van der Waals surface area (Å²) in [4.78, 5) is 14.1. The van der Waals surface area contributed by atoms with E-state index in [0.29, 0.717) is 18.7 Å². The van der Waals surface area contributed by atoms with Gasteiger partial charge in [0.2, 0.25) is 0 Å². The van der Waals surface area contributed by atoms with E-state index in [1.807, 2.05) is 18.7 Å². The summed E-state index contributed by atoms with van der Waals surface area (Å²) in [6, 6.07) is 5.66. The Morgan fingerprint density at radius 1 is 1.33 bits per heavy atom. The third-order valence-electron chi connectivity index (χ3n) is 4.50. The van der Waals surface area contributed by atoms with Crippen LogP contribution in [0.25, 0.3) is 0 Å². The zero-order valence-electron chi connectivity index (χ0n) is 14.1. The van der Waals surface area contributed by atoms with Crippen LogP contribution in [0.4, 0.5) is 0 Å². The molecular weight excluding hydrogens is 332 g/mol. The first-order chi connectivity index (χ1) is 11.3. The molecule has 2 N–H and O–H groups in total. The van der Waals surface area contributed by atoms with Gasteiger partial charge in [0.05, 0.1) is 23.3 Å². The average molecular weight is 356 g/mol. The van der Waals surface area contributed by atoms with Crippen molar-refractivity contribution in [3.05, 3.63) is 24.3 Å². The molecule has 0 radical (unpaired) electrons. The van der Waals surface area contributed by atoms with E-state index in [0.717, 1.165) is 0 Å². The molecule has 0 aromatic heterocycles. The van der Waals surface area contributed by atoms with Crippen molar-refractivity contribution in [1.29, 1.82) is 0 Å². The van der Waals surface area contributed by atoms with Crippen LogP contribution in [0.1, 0.15) is 26.7 Å². The Hall–Kier alpha value is -1.64. The van der Waals surface area contributed by atoms with Crippen molar-refractivity contribution in [2.24, 2.45) is 0 Å². The van der Waals surface area contributed by atoms with Gasteiger partial charge in [0.1, 0.15) is 5.75 Å². The van der Waals surface area contributed by atoms with E-state index in [-0.39, 0.29) is 17.4 Å². The van der Waals surface area contributed by atoms with Crippen LogP contribution in [0.2, 0.25) is 0 Å². The SMILES string of the molecule is COc1ccc(S(=O)(=O)C2CCN(C(C)C)C(C(=O)NO)C2)cc1. The van der Waals surface area contributed by atoms with Crippen molar-refractivity contribution in [3.63, 3.8) is 0 Å². The fourth-order valence-corrected chi connectivity index (χ4v) is 4.89. The van der Waals surface area contributed by atoms with Gasteiger partial charge >= 0.3 is 0 Å². The molecule has 1 heterocycles. The first kappa shape index (κ1) is 18.7. The molecule has 7 nitrogen and oxygen atoms in total. The first-order valence-electron chi connectivity index (χ1n) is 7.89. The number of piperidine rings is 1. The molecule has 1 amide bonds. The fourth-order valence-electron chi connectivity index (χ4n) is 3.14. The number of ether oxygens (including phenoxy) is 1. The maximum atomic E-state index is 12.9. The Labute approximate surface area is 142 Å². The smallest absolute Gasteiger partial charge is 0.260 e. The molecule has 8 heteroatoms. The number of hydrogen-bond donors (Lipinski definition) is 2. The molecule has 2 rings (SSSR count). The highest BCUT2D eigenvalue weighted by atomic mass is 32.2. The lowest BCUT2D eigenvalue weighted by atomic mass is 9.99. The van der Waals surface area contributed by atoms with E-state index in [9.17, 15) is 13.2 Å². The van der Waals surface area contributed by atoms with Gasteiger partial charge in [-0.1, -0.05) is 0 Å². The maximum Gasteiger partial charge on any atom is 0.260 e. The van der Waals surface area contributed by atoms with Gasteiger partial charge in [-0.15, -0.1) is 0 Å². The second-order valence-corrected chi connectivity index (χ2v) is 8.42. The molecule has 1 aliphatic rings. The summed E-state index contributed by atoms with van der Waals surface area (Å²) in [5.74, 6) is 0.0134. The zero-order valence-corrected chi connectivity index (χ0v) is 14.9. The minimum Gasteiger partial charge on any atom is -0.497 e. The minimum atomic E-state index is -3.55. The molecular formula is C16H24N2O5S. The molecule has 0 aliphatic carbocycles. The Kier molecular flexibility index (Phi) is 5.84. The van der Waals surface area contributed by atoms with Gasteiger partial charge in [-0.3, -0.25) is 14.9 Å². The topological polar surface area (TPSA) is 95.9 Å². The van der Waals surface area contributed by atoms with Gasteiger partial charge in [0, 0.05) is 12.6 Å². The fraction of sp³-hybridized carbons (Fsp3) is 0.562. The summed E-state index contributed by atoms with van der Waals surface area (Å²) in [5, 5.41) is 8.30. The van der Waals surface area contributed by atoms with Crippen LogP contribution < -0.4 is 10.2 Å². The van der Waals surface area contributed by atoms with E-state index in [2.05, 4.69) is 0 Å². The lowest BCUT2D eigenvalue weighted by Gasteiger charge is -2.40. The Balaban J connectivity index is 2.25. The molecule has 1 fully saturated rings. The molecule has 1 aliphatic heterocycles. The van der Waals surface area contributed by atoms with Gasteiger partial charge in [0.15, 0.2) is 9.84 Å². The summed E-state index contributed by atoms with van der Waals surface area (Å²) in [6.45, 7) is 4.36. The quantitative estimate of drug-likeness (QED) is 0.608. The number of benzene rings is 1. The summed E-state index contributed by atoms with van der Waals surface area (Å²) in [5.41, 5.74) is 1.65. The van der Waals surface area contributed by atoms with Crippen molar-refractivity contribution < 1.29 is 23.2 Å². The van der Waals surface area contributed by atoms with Crippen LogP contribution in [-0.4, -0.2) is 55.4 Å². The predicted molar refractivity (Wildman–Crippen MR) is 88.8 cm³/mol. The van der Waals surface area contributed by atoms with E-state index < -0.39 is 27.0 Å². The molecule has 1 saturated heterocycles. The Bertz CT molecular complexity index is 672. The largest absolute Gasteiger partial charge is 0.497 e.